The molecule has 23 heavy (non-hydrogen) atoms. The molecule has 0 saturated heterocycles. The van der Waals surface area contributed by atoms with Gasteiger partial charge in [-0.05, 0) is 36.6 Å². The molecule has 4 nitrogen and oxygen atoms in total. The van der Waals surface area contributed by atoms with Crippen molar-refractivity contribution in [2.75, 3.05) is 19.0 Å². The second-order valence-corrected chi connectivity index (χ2v) is 5.20. The van der Waals surface area contributed by atoms with Crippen molar-refractivity contribution in [2.24, 2.45) is 0 Å². The molecule has 2 aromatic carbocycles. The number of anilines is 1. The van der Waals surface area contributed by atoms with E-state index in [0.29, 0.717) is 30.9 Å². The SMILES string of the molecule is CCCOc1ccccc1NC(=O)CCc1ccccc1OC. The van der Waals surface area contributed by atoms with Gasteiger partial charge in [-0.15, -0.1) is 0 Å². The highest BCUT2D eigenvalue weighted by Gasteiger charge is 2.09. The number of amides is 1. The maximum atomic E-state index is 12.2. The molecule has 0 atom stereocenters. The molecule has 122 valence electrons. The van der Waals surface area contributed by atoms with Crippen LogP contribution < -0.4 is 14.8 Å². The van der Waals surface area contributed by atoms with Crippen LogP contribution in [0.25, 0.3) is 0 Å². The van der Waals surface area contributed by atoms with Gasteiger partial charge in [0.2, 0.25) is 5.91 Å². The number of ether oxygens (including phenoxy) is 2. The van der Waals surface area contributed by atoms with Crippen LogP contribution in [0.15, 0.2) is 48.5 Å². The Hall–Kier alpha value is -2.49. The average Bonchev–Trinajstić information content (AvgIpc) is 2.59. The molecule has 0 aliphatic heterocycles. The minimum Gasteiger partial charge on any atom is -0.496 e. The molecule has 2 rings (SSSR count). The standard InChI is InChI=1S/C19H23NO3/c1-3-14-23-18-11-7-5-9-16(18)20-19(21)13-12-15-8-4-6-10-17(15)22-2/h4-11H,3,12-14H2,1-2H3,(H,20,21). The number of hydrogen-bond acceptors (Lipinski definition) is 3. The summed E-state index contributed by atoms with van der Waals surface area (Å²) in [6.07, 6.45) is 1.95. The van der Waals surface area contributed by atoms with Gasteiger partial charge in [0.15, 0.2) is 0 Å². The molecule has 4 heteroatoms. The minimum atomic E-state index is -0.0385. The van der Waals surface area contributed by atoms with E-state index < -0.39 is 0 Å². The largest absolute Gasteiger partial charge is 0.496 e. The summed E-state index contributed by atoms with van der Waals surface area (Å²) >= 11 is 0. The Balaban J connectivity index is 1.95. The Morgan fingerprint density at radius 3 is 2.48 bits per heavy atom. The fraction of sp³-hybridized carbons (Fsp3) is 0.316. The Bertz CT molecular complexity index is 640. The molecule has 0 aliphatic rings. The van der Waals surface area contributed by atoms with E-state index in [1.54, 1.807) is 7.11 Å². The topological polar surface area (TPSA) is 47.6 Å². The van der Waals surface area contributed by atoms with Crippen molar-refractivity contribution < 1.29 is 14.3 Å². The van der Waals surface area contributed by atoms with Crippen LogP contribution in [-0.2, 0) is 11.2 Å². The molecule has 0 heterocycles. The van der Waals surface area contributed by atoms with Crippen molar-refractivity contribution >= 4 is 11.6 Å². The molecule has 0 aliphatic carbocycles. The summed E-state index contributed by atoms with van der Waals surface area (Å²) in [5, 5.41) is 2.92. The van der Waals surface area contributed by atoms with Crippen LogP contribution in [0, 0.1) is 0 Å². The number of hydrogen-bond donors (Lipinski definition) is 1. The molecule has 0 unspecified atom stereocenters. The van der Waals surface area contributed by atoms with E-state index in [0.717, 1.165) is 17.7 Å². The molecule has 2 aromatic rings. The van der Waals surface area contributed by atoms with Crippen LogP contribution in [0.3, 0.4) is 0 Å². The number of benzene rings is 2. The molecule has 0 bridgehead atoms. The van der Waals surface area contributed by atoms with Crippen molar-refractivity contribution in [3.63, 3.8) is 0 Å². The zero-order valence-corrected chi connectivity index (χ0v) is 13.7. The number of nitrogens with one attached hydrogen (secondary N) is 1. The maximum absolute atomic E-state index is 12.2. The predicted octanol–water partition coefficient (Wildman–Crippen LogP) is 4.06. The lowest BCUT2D eigenvalue weighted by Crippen LogP contribution is -2.13. The van der Waals surface area contributed by atoms with Gasteiger partial charge in [0, 0.05) is 6.42 Å². The van der Waals surface area contributed by atoms with Crippen LogP contribution in [-0.4, -0.2) is 19.6 Å². The number of methoxy groups -OCH3 is 1. The second-order valence-electron chi connectivity index (χ2n) is 5.20. The van der Waals surface area contributed by atoms with Gasteiger partial charge in [0.1, 0.15) is 11.5 Å². The number of carbonyl (C=O) groups excluding carboxylic acids is 1. The summed E-state index contributed by atoms with van der Waals surface area (Å²) in [6.45, 7) is 2.68. The lowest BCUT2D eigenvalue weighted by atomic mass is 10.1. The van der Waals surface area contributed by atoms with Crippen molar-refractivity contribution in [1.29, 1.82) is 0 Å². The lowest BCUT2D eigenvalue weighted by molar-refractivity contribution is -0.116. The Morgan fingerprint density at radius 1 is 1.04 bits per heavy atom. The van der Waals surface area contributed by atoms with Gasteiger partial charge >= 0.3 is 0 Å². The molecule has 0 aromatic heterocycles. The van der Waals surface area contributed by atoms with Gasteiger partial charge in [0.05, 0.1) is 19.4 Å². The van der Waals surface area contributed by atoms with E-state index in [2.05, 4.69) is 12.2 Å². The van der Waals surface area contributed by atoms with Gasteiger partial charge < -0.3 is 14.8 Å². The highest BCUT2D eigenvalue weighted by atomic mass is 16.5. The van der Waals surface area contributed by atoms with Gasteiger partial charge in [-0.2, -0.15) is 0 Å². The number of carbonyl (C=O) groups is 1. The normalized spacial score (nSPS) is 10.2. The summed E-state index contributed by atoms with van der Waals surface area (Å²) in [7, 11) is 1.64. The van der Waals surface area contributed by atoms with Crippen molar-refractivity contribution in [1.82, 2.24) is 0 Å². The van der Waals surface area contributed by atoms with Crippen molar-refractivity contribution in [2.45, 2.75) is 26.2 Å². The van der Waals surface area contributed by atoms with Gasteiger partial charge in [-0.25, -0.2) is 0 Å². The third-order valence-corrected chi connectivity index (χ3v) is 3.44. The Labute approximate surface area is 137 Å². The monoisotopic (exact) mass is 313 g/mol. The van der Waals surface area contributed by atoms with Crippen molar-refractivity contribution in [3.8, 4) is 11.5 Å². The first-order chi connectivity index (χ1) is 11.2. The van der Waals surface area contributed by atoms with Crippen molar-refractivity contribution in [3.05, 3.63) is 54.1 Å². The van der Waals surface area contributed by atoms with Gasteiger partial charge in [0.25, 0.3) is 0 Å². The van der Waals surface area contributed by atoms with Crippen LogP contribution in [0.5, 0.6) is 11.5 Å². The summed E-state index contributed by atoms with van der Waals surface area (Å²) < 4.78 is 11.0. The first-order valence-electron chi connectivity index (χ1n) is 7.88. The first-order valence-corrected chi connectivity index (χ1v) is 7.88. The Kier molecular flexibility index (Phi) is 6.48. The van der Waals surface area contributed by atoms with E-state index in [9.17, 15) is 4.79 Å². The lowest BCUT2D eigenvalue weighted by Gasteiger charge is -2.12. The molecule has 1 N–H and O–H groups in total. The molecular weight excluding hydrogens is 290 g/mol. The van der Waals surface area contributed by atoms with Crippen LogP contribution in [0.4, 0.5) is 5.69 Å². The van der Waals surface area contributed by atoms with E-state index in [1.807, 2.05) is 48.5 Å². The molecule has 0 saturated carbocycles. The number of aryl methyl sites for hydroxylation is 1. The summed E-state index contributed by atoms with van der Waals surface area (Å²) in [4.78, 5) is 12.2. The molecular formula is C19H23NO3. The fourth-order valence-corrected chi connectivity index (χ4v) is 2.28. The molecule has 0 fully saturated rings. The zero-order chi connectivity index (χ0) is 16.5. The molecule has 1 amide bonds. The second kappa shape index (κ2) is 8.83. The van der Waals surface area contributed by atoms with Crippen LogP contribution in [0.2, 0.25) is 0 Å². The van der Waals surface area contributed by atoms with E-state index in [1.165, 1.54) is 0 Å². The maximum Gasteiger partial charge on any atom is 0.224 e. The van der Waals surface area contributed by atoms with E-state index in [-0.39, 0.29) is 5.91 Å². The fourth-order valence-electron chi connectivity index (χ4n) is 2.28. The first kappa shape index (κ1) is 16.9. The summed E-state index contributed by atoms with van der Waals surface area (Å²) in [6, 6.07) is 15.3. The zero-order valence-electron chi connectivity index (χ0n) is 13.7. The Morgan fingerprint density at radius 2 is 1.74 bits per heavy atom. The smallest absolute Gasteiger partial charge is 0.224 e. The quantitative estimate of drug-likeness (QED) is 0.799. The minimum absolute atomic E-state index is 0.0385. The molecule has 0 radical (unpaired) electrons. The highest BCUT2D eigenvalue weighted by Crippen LogP contribution is 2.24. The molecule has 0 spiro atoms. The summed E-state index contributed by atoms with van der Waals surface area (Å²) in [5.41, 5.74) is 1.74. The highest BCUT2D eigenvalue weighted by molar-refractivity contribution is 5.92. The third-order valence-electron chi connectivity index (χ3n) is 3.44. The van der Waals surface area contributed by atoms with Crippen LogP contribution in [0.1, 0.15) is 25.3 Å². The van der Waals surface area contributed by atoms with Gasteiger partial charge in [-0.3, -0.25) is 4.79 Å². The third kappa shape index (κ3) is 5.02. The summed E-state index contributed by atoms with van der Waals surface area (Å²) in [5.74, 6) is 1.48. The average molecular weight is 313 g/mol. The van der Waals surface area contributed by atoms with E-state index >= 15 is 0 Å². The van der Waals surface area contributed by atoms with Crippen LogP contribution >= 0.6 is 0 Å². The number of rotatable bonds is 8. The predicted molar refractivity (Wildman–Crippen MR) is 92.2 cm³/mol. The van der Waals surface area contributed by atoms with E-state index in [4.69, 9.17) is 9.47 Å². The van der Waals surface area contributed by atoms with Gasteiger partial charge in [-0.1, -0.05) is 37.3 Å². The number of para-hydroxylation sites is 3.